The van der Waals surface area contributed by atoms with Gasteiger partial charge in [0.15, 0.2) is 0 Å². The van der Waals surface area contributed by atoms with Gasteiger partial charge in [-0.3, -0.25) is 0 Å². The number of aromatic nitrogens is 1. The van der Waals surface area contributed by atoms with Gasteiger partial charge in [-0.15, -0.1) is 0 Å². The van der Waals surface area contributed by atoms with Crippen LogP contribution in [0.4, 0.5) is 0 Å². The highest BCUT2D eigenvalue weighted by Gasteiger charge is 1.97. The van der Waals surface area contributed by atoms with Crippen LogP contribution in [0.2, 0.25) is 0 Å². The third-order valence-electron chi connectivity index (χ3n) is 2.91. The van der Waals surface area contributed by atoms with Crippen molar-refractivity contribution in [3.05, 3.63) is 71.6 Å². The van der Waals surface area contributed by atoms with E-state index in [9.17, 15) is 0 Å². The van der Waals surface area contributed by atoms with E-state index in [1.165, 1.54) is 16.7 Å². The summed E-state index contributed by atoms with van der Waals surface area (Å²) in [5, 5.41) is 0. The summed E-state index contributed by atoms with van der Waals surface area (Å²) in [6, 6.07) is 14.4. The quantitative estimate of drug-likeness (QED) is 0.746. The van der Waals surface area contributed by atoms with Crippen LogP contribution >= 0.6 is 0 Å². The van der Waals surface area contributed by atoms with Crippen molar-refractivity contribution in [1.29, 1.82) is 0 Å². The first-order valence-corrected chi connectivity index (χ1v) is 6.59. The van der Waals surface area contributed by atoms with Crippen molar-refractivity contribution in [2.24, 2.45) is 0 Å². The molecule has 0 aliphatic carbocycles. The van der Waals surface area contributed by atoms with Crippen LogP contribution in [-0.4, -0.2) is 4.98 Å². The van der Waals surface area contributed by atoms with E-state index >= 15 is 0 Å². The summed E-state index contributed by atoms with van der Waals surface area (Å²) in [5.41, 5.74) is 3.70. The Hall–Kier alpha value is -2.09. The molecule has 0 aliphatic heterocycles. The van der Waals surface area contributed by atoms with E-state index in [-0.39, 0.29) is 0 Å². The van der Waals surface area contributed by atoms with Crippen molar-refractivity contribution in [1.82, 2.24) is 4.98 Å². The van der Waals surface area contributed by atoms with Gasteiger partial charge in [-0.25, -0.2) is 4.98 Å². The fourth-order valence-electron chi connectivity index (χ4n) is 1.86. The molecule has 0 aliphatic rings. The van der Waals surface area contributed by atoms with Crippen molar-refractivity contribution < 1.29 is 4.74 Å². The van der Waals surface area contributed by atoms with E-state index in [2.05, 4.69) is 43.1 Å². The molecule has 19 heavy (non-hydrogen) atoms. The average Bonchev–Trinajstić information content (AvgIpc) is 2.46. The summed E-state index contributed by atoms with van der Waals surface area (Å²) in [7, 11) is 0. The maximum atomic E-state index is 5.61. The summed E-state index contributed by atoms with van der Waals surface area (Å²) < 4.78 is 5.61. The van der Waals surface area contributed by atoms with E-state index in [0.29, 0.717) is 5.88 Å². The van der Waals surface area contributed by atoms with Crippen LogP contribution in [-0.2, 0) is 12.8 Å². The van der Waals surface area contributed by atoms with Crippen LogP contribution in [0.15, 0.2) is 60.5 Å². The Morgan fingerprint density at radius 3 is 2.68 bits per heavy atom. The van der Waals surface area contributed by atoms with Crippen LogP contribution in [0.5, 0.6) is 5.88 Å². The van der Waals surface area contributed by atoms with Crippen molar-refractivity contribution in [2.75, 3.05) is 0 Å². The molecule has 1 heterocycles. The molecule has 0 radical (unpaired) electrons. The highest BCUT2D eigenvalue weighted by Crippen LogP contribution is 2.12. The fraction of sp³-hybridized carbons (Fsp3) is 0.235. The predicted octanol–water partition coefficient (Wildman–Crippen LogP) is 4.17. The first kappa shape index (κ1) is 13.3. The molecule has 2 nitrogen and oxygen atoms in total. The van der Waals surface area contributed by atoms with E-state index in [1.54, 1.807) is 12.5 Å². The maximum Gasteiger partial charge on any atom is 0.218 e. The third-order valence-corrected chi connectivity index (χ3v) is 2.91. The van der Waals surface area contributed by atoms with Crippen molar-refractivity contribution in [2.45, 2.75) is 26.7 Å². The molecule has 0 atom stereocenters. The summed E-state index contributed by atoms with van der Waals surface area (Å²) >= 11 is 0. The first-order chi connectivity index (χ1) is 9.28. The van der Waals surface area contributed by atoms with Gasteiger partial charge in [-0.05, 0) is 42.5 Å². The van der Waals surface area contributed by atoms with Gasteiger partial charge in [0.05, 0.1) is 6.26 Å². The number of rotatable bonds is 5. The summed E-state index contributed by atoms with van der Waals surface area (Å²) in [6.45, 7) is 4.19. The van der Waals surface area contributed by atoms with Crippen LogP contribution in [0.1, 0.15) is 25.0 Å². The Morgan fingerprint density at radius 1 is 1.16 bits per heavy atom. The second-order valence-corrected chi connectivity index (χ2v) is 4.60. The number of aryl methyl sites for hydroxylation is 1. The second-order valence-electron chi connectivity index (χ2n) is 4.60. The van der Waals surface area contributed by atoms with Crippen LogP contribution < -0.4 is 4.74 Å². The number of ether oxygens (including phenoxy) is 1. The number of allylic oxidation sites excluding steroid dienone is 1. The molecule has 0 saturated carbocycles. The Balaban J connectivity index is 1.97. The number of hydrogen-bond donors (Lipinski definition) is 0. The standard InChI is InChI=1S/C17H19NO/c1-3-15-9-10-18-17(12-15)19-13-14(2)11-16-7-5-4-6-8-16/h4-10,12-13H,3,11H2,1-2H3/b14-13+. The Labute approximate surface area is 114 Å². The number of pyridine rings is 1. The topological polar surface area (TPSA) is 22.1 Å². The third kappa shape index (κ3) is 4.25. The van der Waals surface area contributed by atoms with Crippen molar-refractivity contribution in [3.8, 4) is 5.88 Å². The lowest BCUT2D eigenvalue weighted by Gasteiger charge is -2.04. The minimum Gasteiger partial charge on any atom is -0.447 e. The highest BCUT2D eigenvalue weighted by atomic mass is 16.5. The molecule has 1 aromatic heterocycles. The lowest BCUT2D eigenvalue weighted by atomic mass is 10.1. The lowest BCUT2D eigenvalue weighted by Crippen LogP contribution is -1.93. The molecule has 2 heteroatoms. The minimum atomic E-state index is 0.659. The van der Waals surface area contributed by atoms with Gasteiger partial charge in [0.25, 0.3) is 0 Å². The summed E-state index contributed by atoms with van der Waals surface area (Å²) in [6.07, 6.45) is 5.46. The van der Waals surface area contributed by atoms with E-state index in [0.717, 1.165) is 12.8 Å². The van der Waals surface area contributed by atoms with E-state index in [1.807, 2.05) is 18.2 Å². The molecule has 0 bridgehead atoms. The van der Waals surface area contributed by atoms with Crippen LogP contribution in [0.25, 0.3) is 0 Å². The predicted molar refractivity (Wildman–Crippen MR) is 78.1 cm³/mol. The molecular formula is C17H19NO. The molecule has 0 saturated heterocycles. The Kier molecular flexibility index (Phi) is 4.73. The molecule has 0 spiro atoms. The Bertz CT molecular complexity index is 546. The largest absolute Gasteiger partial charge is 0.447 e. The lowest BCUT2D eigenvalue weighted by molar-refractivity contribution is 0.454. The molecule has 1 aromatic carbocycles. The van der Waals surface area contributed by atoms with Gasteiger partial charge in [0, 0.05) is 12.3 Å². The molecule has 0 amide bonds. The fourth-order valence-corrected chi connectivity index (χ4v) is 1.86. The van der Waals surface area contributed by atoms with E-state index < -0.39 is 0 Å². The smallest absolute Gasteiger partial charge is 0.218 e. The summed E-state index contributed by atoms with van der Waals surface area (Å²) in [4.78, 5) is 4.20. The molecule has 2 rings (SSSR count). The monoisotopic (exact) mass is 253 g/mol. The second kappa shape index (κ2) is 6.74. The average molecular weight is 253 g/mol. The first-order valence-electron chi connectivity index (χ1n) is 6.59. The van der Waals surface area contributed by atoms with Gasteiger partial charge >= 0.3 is 0 Å². The molecule has 2 aromatic rings. The van der Waals surface area contributed by atoms with Gasteiger partial charge in [-0.1, -0.05) is 37.3 Å². The number of hydrogen-bond acceptors (Lipinski definition) is 2. The normalized spacial score (nSPS) is 11.4. The molecule has 0 fully saturated rings. The highest BCUT2D eigenvalue weighted by molar-refractivity contribution is 5.23. The van der Waals surface area contributed by atoms with Crippen LogP contribution in [0, 0.1) is 0 Å². The van der Waals surface area contributed by atoms with Gasteiger partial charge in [-0.2, -0.15) is 0 Å². The minimum absolute atomic E-state index is 0.659. The maximum absolute atomic E-state index is 5.61. The van der Waals surface area contributed by atoms with Crippen LogP contribution in [0.3, 0.4) is 0 Å². The van der Waals surface area contributed by atoms with Gasteiger partial charge in [0.2, 0.25) is 5.88 Å². The summed E-state index contributed by atoms with van der Waals surface area (Å²) in [5.74, 6) is 0.659. The molecule has 0 N–H and O–H groups in total. The molecular weight excluding hydrogens is 234 g/mol. The molecule has 98 valence electrons. The SMILES string of the molecule is CCc1ccnc(O/C=C(\C)Cc2ccccc2)c1. The number of benzene rings is 1. The van der Waals surface area contributed by atoms with Gasteiger partial charge in [0.1, 0.15) is 0 Å². The number of nitrogens with zero attached hydrogens (tertiary/aromatic N) is 1. The Morgan fingerprint density at radius 2 is 1.95 bits per heavy atom. The van der Waals surface area contributed by atoms with Crippen molar-refractivity contribution in [3.63, 3.8) is 0 Å². The van der Waals surface area contributed by atoms with Crippen molar-refractivity contribution >= 4 is 0 Å². The van der Waals surface area contributed by atoms with Gasteiger partial charge < -0.3 is 4.74 Å². The zero-order chi connectivity index (χ0) is 13.5. The molecule has 0 unspecified atom stereocenters. The zero-order valence-corrected chi connectivity index (χ0v) is 11.5. The van der Waals surface area contributed by atoms with E-state index in [4.69, 9.17) is 4.74 Å². The zero-order valence-electron chi connectivity index (χ0n) is 11.5.